The minimum Gasteiger partial charge on any atom is -0.355 e. The van der Waals surface area contributed by atoms with Crippen molar-refractivity contribution in [3.05, 3.63) is 48.3 Å². The number of halogens is 2. The summed E-state index contributed by atoms with van der Waals surface area (Å²) in [7, 11) is 0. The number of nitrogens with zero attached hydrogens (tertiary/aromatic N) is 4. The summed E-state index contributed by atoms with van der Waals surface area (Å²) >= 11 is 0. The molecule has 0 radical (unpaired) electrons. The van der Waals surface area contributed by atoms with Crippen molar-refractivity contribution in [2.75, 3.05) is 18.0 Å². The van der Waals surface area contributed by atoms with Gasteiger partial charge in [0.15, 0.2) is 5.82 Å². The molecule has 4 rings (SSSR count). The van der Waals surface area contributed by atoms with E-state index in [0.29, 0.717) is 11.3 Å². The van der Waals surface area contributed by atoms with Crippen LogP contribution in [0.1, 0.15) is 12.8 Å². The van der Waals surface area contributed by atoms with Crippen molar-refractivity contribution in [3.63, 3.8) is 0 Å². The van der Waals surface area contributed by atoms with Crippen LogP contribution in [0, 0.1) is 11.6 Å². The summed E-state index contributed by atoms with van der Waals surface area (Å²) in [6.07, 6.45) is 5.24. The zero-order valence-corrected chi connectivity index (χ0v) is 13.0. The second-order valence-electron chi connectivity index (χ2n) is 6.09. The molecule has 3 heterocycles. The molecule has 0 spiro atoms. The average Bonchev–Trinajstić information content (AvgIpc) is 2.99. The second kappa shape index (κ2) is 5.83. The monoisotopic (exact) mass is 329 g/mol. The highest BCUT2D eigenvalue weighted by Crippen LogP contribution is 2.27. The molecule has 1 aromatic carbocycles. The molecule has 1 saturated heterocycles. The first-order chi connectivity index (χ1) is 11.6. The van der Waals surface area contributed by atoms with Crippen molar-refractivity contribution in [3.8, 4) is 11.3 Å². The summed E-state index contributed by atoms with van der Waals surface area (Å²) in [5, 5.41) is 4.43. The first-order valence-electron chi connectivity index (χ1n) is 7.91. The minimum atomic E-state index is -0.620. The fourth-order valence-corrected chi connectivity index (χ4v) is 3.11. The van der Waals surface area contributed by atoms with Crippen LogP contribution in [0.2, 0.25) is 0 Å². The molecule has 24 heavy (non-hydrogen) atoms. The molecule has 0 saturated carbocycles. The lowest BCUT2D eigenvalue weighted by atomic mass is 10.1. The van der Waals surface area contributed by atoms with E-state index in [1.54, 1.807) is 16.9 Å². The predicted octanol–water partition coefficient (Wildman–Crippen LogP) is 2.60. The van der Waals surface area contributed by atoms with Gasteiger partial charge >= 0.3 is 0 Å². The first-order valence-corrected chi connectivity index (χ1v) is 7.91. The van der Waals surface area contributed by atoms with Crippen LogP contribution >= 0.6 is 0 Å². The predicted molar refractivity (Wildman–Crippen MR) is 87.8 cm³/mol. The zero-order valence-electron chi connectivity index (χ0n) is 13.0. The molecule has 0 bridgehead atoms. The number of hydrogen-bond donors (Lipinski definition) is 1. The van der Waals surface area contributed by atoms with E-state index in [1.807, 2.05) is 6.07 Å². The lowest BCUT2D eigenvalue weighted by molar-refractivity contribution is 0.499. The first kappa shape index (κ1) is 15.0. The van der Waals surface area contributed by atoms with Crippen molar-refractivity contribution in [2.45, 2.75) is 18.9 Å². The van der Waals surface area contributed by atoms with E-state index in [-0.39, 0.29) is 6.04 Å². The van der Waals surface area contributed by atoms with E-state index < -0.39 is 11.6 Å². The number of fused-ring (bicyclic) bond motifs is 1. The van der Waals surface area contributed by atoms with E-state index in [4.69, 9.17) is 5.73 Å². The molecule has 0 aliphatic carbocycles. The van der Waals surface area contributed by atoms with E-state index >= 15 is 0 Å². The molecule has 1 aliphatic rings. The summed E-state index contributed by atoms with van der Waals surface area (Å²) in [5.41, 5.74) is 7.69. The summed E-state index contributed by atoms with van der Waals surface area (Å²) in [4.78, 5) is 6.65. The normalized spacial score (nSPS) is 16.0. The van der Waals surface area contributed by atoms with Crippen LogP contribution in [-0.2, 0) is 0 Å². The van der Waals surface area contributed by atoms with Gasteiger partial charge in [-0.25, -0.2) is 18.3 Å². The molecule has 5 nitrogen and oxygen atoms in total. The van der Waals surface area contributed by atoms with Gasteiger partial charge in [0, 0.05) is 43.2 Å². The fourth-order valence-electron chi connectivity index (χ4n) is 3.11. The number of piperidine rings is 1. The standard InChI is InChI=1S/C17H17F2N5/c18-12-7-11(8-13(19)9-12)15-10-16-17(21-3-6-24(16)22-15)23-4-1-14(20)2-5-23/h3,6-10,14H,1-2,4-5,20H2. The molecule has 0 unspecified atom stereocenters. The number of nitrogens with two attached hydrogens (primary N) is 1. The van der Waals surface area contributed by atoms with E-state index in [2.05, 4.69) is 15.0 Å². The van der Waals surface area contributed by atoms with Crippen LogP contribution in [0.15, 0.2) is 36.7 Å². The molecule has 3 aromatic rings. The third-order valence-corrected chi connectivity index (χ3v) is 4.37. The smallest absolute Gasteiger partial charge is 0.154 e. The Labute approximate surface area is 137 Å². The lowest BCUT2D eigenvalue weighted by Crippen LogP contribution is -2.40. The quantitative estimate of drug-likeness (QED) is 0.785. The summed E-state index contributed by atoms with van der Waals surface area (Å²) in [6.45, 7) is 1.67. The Kier molecular flexibility index (Phi) is 3.65. The third-order valence-electron chi connectivity index (χ3n) is 4.37. The Balaban J connectivity index is 1.77. The van der Waals surface area contributed by atoms with Gasteiger partial charge in [-0.2, -0.15) is 5.10 Å². The third kappa shape index (κ3) is 2.71. The van der Waals surface area contributed by atoms with Gasteiger partial charge in [0.05, 0.1) is 5.69 Å². The van der Waals surface area contributed by atoms with Gasteiger partial charge in [0.2, 0.25) is 0 Å². The lowest BCUT2D eigenvalue weighted by Gasteiger charge is -2.31. The molecule has 0 atom stereocenters. The molecule has 2 N–H and O–H groups in total. The van der Waals surface area contributed by atoms with Crippen molar-refractivity contribution in [1.29, 1.82) is 0 Å². The van der Waals surface area contributed by atoms with Crippen molar-refractivity contribution in [2.24, 2.45) is 5.73 Å². The summed E-state index contributed by atoms with van der Waals surface area (Å²) in [5.74, 6) is -0.420. The maximum Gasteiger partial charge on any atom is 0.154 e. The Hall–Kier alpha value is -2.54. The van der Waals surface area contributed by atoms with Crippen LogP contribution in [0.4, 0.5) is 14.6 Å². The van der Waals surface area contributed by atoms with Crippen LogP contribution < -0.4 is 10.6 Å². The van der Waals surface area contributed by atoms with Crippen molar-refractivity contribution in [1.82, 2.24) is 14.6 Å². The van der Waals surface area contributed by atoms with E-state index in [1.165, 1.54) is 12.1 Å². The highest BCUT2D eigenvalue weighted by molar-refractivity contribution is 5.75. The second-order valence-corrected chi connectivity index (χ2v) is 6.09. The van der Waals surface area contributed by atoms with Crippen LogP contribution in [0.5, 0.6) is 0 Å². The maximum absolute atomic E-state index is 13.5. The van der Waals surface area contributed by atoms with Crippen molar-refractivity contribution < 1.29 is 8.78 Å². The highest BCUT2D eigenvalue weighted by Gasteiger charge is 2.20. The number of rotatable bonds is 2. The molecular formula is C17H17F2N5. The van der Waals surface area contributed by atoms with Gasteiger partial charge in [-0.3, -0.25) is 0 Å². The van der Waals surface area contributed by atoms with Gasteiger partial charge in [0.25, 0.3) is 0 Å². The van der Waals surface area contributed by atoms with Gasteiger partial charge in [-0.15, -0.1) is 0 Å². The topological polar surface area (TPSA) is 59.5 Å². The SMILES string of the molecule is NC1CCN(c2nccn3nc(-c4cc(F)cc(F)c4)cc23)CC1. The van der Waals surface area contributed by atoms with E-state index in [9.17, 15) is 8.78 Å². The molecule has 2 aromatic heterocycles. The molecule has 7 heteroatoms. The van der Waals surface area contributed by atoms with Gasteiger partial charge in [-0.05, 0) is 31.0 Å². The number of hydrogen-bond acceptors (Lipinski definition) is 4. The van der Waals surface area contributed by atoms with Gasteiger partial charge < -0.3 is 10.6 Å². The molecule has 1 fully saturated rings. The van der Waals surface area contributed by atoms with Gasteiger partial charge in [-0.1, -0.05) is 0 Å². The molecule has 1 aliphatic heterocycles. The Morgan fingerprint density at radius 2 is 1.75 bits per heavy atom. The fraction of sp³-hybridized carbons (Fsp3) is 0.294. The average molecular weight is 329 g/mol. The van der Waals surface area contributed by atoms with E-state index in [0.717, 1.165) is 43.3 Å². The Bertz CT molecular complexity index is 864. The van der Waals surface area contributed by atoms with Gasteiger partial charge in [0.1, 0.15) is 17.2 Å². The maximum atomic E-state index is 13.5. The summed E-state index contributed by atoms with van der Waals surface area (Å²) < 4.78 is 28.6. The van der Waals surface area contributed by atoms with Crippen LogP contribution in [-0.4, -0.2) is 33.7 Å². The Morgan fingerprint density at radius 3 is 2.46 bits per heavy atom. The zero-order chi connectivity index (χ0) is 16.7. The number of benzene rings is 1. The Morgan fingerprint density at radius 1 is 1.04 bits per heavy atom. The molecule has 0 amide bonds. The summed E-state index contributed by atoms with van der Waals surface area (Å²) in [6, 6.07) is 5.45. The number of aromatic nitrogens is 3. The highest BCUT2D eigenvalue weighted by atomic mass is 19.1. The largest absolute Gasteiger partial charge is 0.355 e. The van der Waals surface area contributed by atoms with Crippen molar-refractivity contribution >= 4 is 11.3 Å². The molecule has 124 valence electrons. The molecular weight excluding hydrogens is 312 g/mol. The van der Waals surface area contributed by atoms with Crippen LogP contribution in [0.3, 0.4) is 0 Å². The van der Waals surface area contributed by atoms with Crippen LogP contribution in [0.25, 0.3) is 16.8 Å². The number of anilines is 1. The minimum absolute atomic E-state index is 0.233.